The van der Waals surface area contributed by atoms with E-state index < -0.39 is 10.0 Å². The van der Waals surface area contributed by atoms with Crippen molar-refractivity contribution in [2.45, 2.75) is 20.3 Å². The van der Waals surface area contributed by atoms with Crippen molar-refractivity contribution in [3.05, 3.63) is 53.7 Å². The normalized spacial score (nSPS) is 11.5. The summed E-state index contributed by atoms with van der Waals surface area (Å²) >= 11 is 6.07. The number of hydrogen-bond acceptors (Lipinski definition) is 7. The van der Waals surface area contributed by atoms with Gasteiger partial charge in [-0.2, -0.15) is 3.82 Å². The van der Waals surface area contributed by atoms with E-state index in [1.165, 1.54) is 0 Å². The van der Waals surface area contributed by atoms with E-state index >= 15 is 0 Å². The molecule has 3 rings (SSSR count). The Bertz CT molecular complexity index is 1280. The number of carbonyl (C=O) groups excluding carboxylic acids is 1. The first-order valence-corrected chi connectivity index (χ1v) is 13.3. The Morgan fingerprint density at radius 3 is 2.51 bits per heavy atom. The van der Waals surface area contributed by atoms with Crippen LogP contribution in [0.25, 0.3) is 10.9 Å². The highest BCUT2D eigenvalue weighted by molar-refractivity contribution is 7.93. The van der Waals surface area contributed by atoms with Crippen molar-refractivity contribution < 1.29 is 27.8 Å². The number of esters is 1. The van der Waals surface area contributed by atoms with Crippen LogP contribution in [0.5, 0.6) is 5.75 Å². The predicted octanol–water partition coefficient (Wildman–Crippen LogP) is 3.38. The molecule has 1 aromatic heterocycles. The molecule has 1 heterocycles. The van der Waals surface area contributed by atoms with E-state index in [0.717, 1.165) is 28.4 Å². The van der Waals surface area contributed by atoms with Gasteiger partial charge in [0, 0.05) is 41.0 Å². The molecule has 0 unspecified atom stereocenters. The lowest BCUT2D eigenvalue weighted by atomic mass is 10.1. The minimum absolute atomic E-state index is 0.132. The Morgan fingerprint density at radius 2 is 1.86 bits per heavy atom. The zero-order valence-corrected chi connectivity index (χ0v) is 21.5. The number of halogens is 1. The van der Waals surface area contributed by atoms with Gasteiger partial charge in [0.15, 0.2) is 0 Å². The molecule has 2 N–H and O–H groups in total. The summed E-state index contributed by atoms with van der Waals surface area (Å²) in [6.45, 7) is 4.82. The number of sulfonamides is 1. The average molecular weight is 524 g/mol. The maximum absolute atomic E-state index is 12.0. The molecular weight excluding hydrogens is 494 g/mol. The lowest BCUT2D eigenvalue weighted by Crippen LogP contribution is -2.33. The minimum Gasteiger partial charge on any atom is -0.492 e. The van der Waals surface area contributed by atoms with Crippen molar-refractivity contribution in [2.75, 3.05) is 47.9 Å². The number of H-pyrrole nitrogens is 1. The molecule has 2 aromatic carbocycles. The maximum atomic E-state index is 12.0. The number of anilines is 2. The molecule has 9 nitrogen and oxygen atoms in total. The number of aryl methyl sites for hydroxylation is 1. The van der Waals surface area contributed by atoms with Crippen molar-refractivity contribution in [1.82, 2.24) is 4.98 Å². The van der Waals surface area contributed by atoms with Gasteiger partial charge in [-0.05, 0) is 43.7 Å². The quantitative estimate of drug-likeness (QED) is 0.276. The van der Waals surface area contributed by atoms with Crippen LogP contribution in [0.15, 0.2) is 42.5 Å². The van der Waals surface area contributed by atoms with Crippen LogP contribution < -0.4 is 13.5 Å². The molecule has 0 radical (unpaired) electrons. The third kappa shape index (κ3) is 6.59. The summed E-state index contributed by atoms with van der Waals surface area (Å²) in [4.78, 5) is 17.0. The summed E-state index contributed by atoms with van der Waals surface area (Å²) in [5, 5.41) is 10.5. The van der Waals surface area contributed by atoms with E-state index in [2.05, 4.69) is 4.98 Å². The number of rotatable bonds is 12. The zero-order chi connectivity index (χ0) is 25.6. The lowest BCUT2D eigenvalue weighted by Gasteiger charge is -2.28. The molecule has 0 atom stereocenters. The number of aromatic amines is 1. The molecule has 0 aliphatic rings. The monoisotopic (exact) mass is 523 g/mol. The Kier molecular flexibility index (Phi) is 8.87. The summed E-state index contributed by atoms with van der Waals surface area (Å²) in [5.74, 6) is 0.362. The Balaban J connectivity index is 1.74. The molecule has 0 amide bonds. The highest BCUT2D eigenvalue weighted by Crippen LogP contribution is 2.32. The van der Waals surface area contributed by atoms with Gasteiger partial charge in [-0.3, -0.25) is 4.79 Å². The number of benzene rings is 2. The van der Waals surface area contributed by atoms with Gasteiger partial charge in [-0.1, -0.05) is 12.1 Å². The molecule has 35 heavy (non-hydrogen) atoms. The van der Waals surface area contributed by atoms with E-state index in [9.17, 15) is 18.3 Å². The van der Waals surface area contributed by atoms with Crippen LogP contribution in [0.1, 0.15) is 18.2 Å². The summed E-state index contributed by atoms with van der Waals surface area (Å²) in [6, 6.07) is 12.4. The number of aliphatic hydroxyl groups is 1. The van der Waals surface area contributed by atoms with E-state index in [4.69, 9.17) is 21.3 Å². The molecule has 11 heteroatoms. The number of nitrogens with zero attached hydrogens (tertiary/aromatic N) is 2. The number of fused-ring (bicyclic) bond motifs is 1. The second-order valence-corrected chi connectivity index (χ2v) is 10.3. The number of aromatic nitrogens is 1. The van der Waals surface area contributed by atoms with Crippen LogP contribution >= 0.6 is 11.8 Å². The molecular formula is C24H30ClN3O6S. The molecule has 0 saturated carbocycles. The third-order valence-electron chi connectivity index (χ3n) is 5.42. The standard InChI is InChI=1S/C24H30ClN3O6S/c1-4-33-24(30)16-20-17(2)26-21-15-18(9-10-19(20)21)34-14-12-27(11-13-29)22-7-5-6-8-23(22)28(25)35(3,31)32/h5-10,15,26,29H,4,11-14,16H2,1-3H3. The molecule has 3 aromatic rings. The number of nitrogens with one attached hydrogen (secondary N) is 1. The van der Waals surface area contributed by atoms with Crippen LogP contribution in [-0.4, -0.2) is 63.6 Å². The summed E-state index contributed by atoms with van der Waals surface area (Å²) in [7, 11) is -3.68. The fourth-order valence-corrected chi connectivity index (χ4v) is 4.50. The molecule has 0 aliphatic carbocycles. The highest BCUT2D eigenvalue weighted by atomic mass is 35.5. The predicted molar refractivity (Wildman–Crippen MR) is 138 cm³/mol. The fourth-order valence-electron chi connectivity index (χ4n) is 3.85. The van der Waals surface area contributed by atoms with Crippen LogP contribution in [0.4, 0.5) is 11.4 Å². The lowest BCUT2D eigenvalue weighted by molar-refractivity contribution is -0.142. The van der Waals surface area contributed by atoms with Crippen LogP contribution in [0, 0.1) is 6.92 Å². The Morgan fingerprint density at radius 1 is 1.14 bits per heavy atom. The van der Waals surface area contributed by atoms with Gasteiger partial charge in [0.05, 0.1) is 43.8 Å². The minimum atomic E-state index is -3.68. The summed E-state index contributed by atoms with van der Waals surface area (Å²) < 4.78 is 35.6. The molecule has 0 fully saturated rings. The number of ether oxygens (including phenoxy) is 2. The first kappa shape index (κ1) is 26.7. The number of hydrogen-bond donors (Lipinski definition) is 2. The smallest absolute Gasteiger partial charge is 0.310 e. The van der Waals surface area contributed by atoms with Crippen LogP contribution in [-0.2, 0) is 26.0 Å². The van der Waals surface area contributed by atoms with E-state index in [1.807, 2.05) is 30.0 Å². The van der Waals surface area contributed by atoms with Gasteiger partial charge < -0.3 is 24.5 Å². The molecule has 0 spiro atoms. The van der Waals surface area contributed by atoms with Gasteiger partial charge in [-0.15, -0.1) is 0 Å². The Labute approximate surface area is 210 Å². The van der Waals surface area contributed by atoms with Crippen molar-refractivity contribution >= 4 is 50.0 Å². The number of aliphatic hydroxyl groups excluding tert-OH is 1. The van der Waals surface area contributed by atoms with Crippen molar-refractivity contribution in [1.29, 1.82) is 0 Å². The summed E-state index contributed by atoms with van der Waals surface area (Å²) in [6.07, 6.45) is 1.22. The molecule has 190 valence electrons. The van der Waals surface area contributed by atoms with E-state index in [-0.39, 0.29) is 32.1 Å². The average Bonchev–Trinajstić information content (AvgIpc) is 3.11. The maximum Gasteiger partial charge on any atom is 0.310 e. The van der Waals surface area contributed by atoms with Gasteiger partial charge in [-0.25, -0.2) is 8.42 Å². The molecule has 0 bridgehead atoms. The highest BCUT2D eigenvalue weighted by Gasteiger charge is 2.21. The Hall–Kier alpha value is -2.95. The van der Waals surface area contributed by atoms with Gasteiger partial charge in [0.1, 0.15) is 12.4 Å². The second kappa shape index (κ2) is 11.7. The molecule has 0 saturated heterocycles. The fraction of sp³-hybridized carbons (Fsp3) is 0.375. The van der Waals surface area contributed by atoms with E-state index in [1.54, 1.807) is 31.2 Å². The number of para-hydroxylation sites is 2. The van der Waals surface area contributed by atoms with Gasteiger partial charge in [0.25, 0.3) is 0 Å². The third-order valence-corrected chi connectivity index (χ3v) is 7.13. The van der Waals surface area contributed by atoms with E-state index in [0.29, 0.717) is 34.1 Å². The van der Waals surface area contributed by atoms with Gasteiger partial charge >= 0.3 is 5.97 Å². The van der Waals surface area contributed by atoms with Crippen molar-refractivity contribution in [3.8, 4) is 5.75 Å². The SMILES string of the molecule is CCOC(=O)Cc1c(C)[nH]c2cc(OCCN(CCO)c3ccccc3N(Cl)S(C)(=O)=O)ccc12. The topological polar surface area (TPSA) is 112 Å². The summed E-state index contributed by atoms with van der Waals surface area (Å²) in [5.41, 5.74) is 3.50. The van der Waals surface area contributed by atoms with Crippen molar-refractivity contribution in [3.63, 3.8) is 0 Å². The number of carbonyl (C=O) groups is 1. The van der Waals surface area contributed by atoms with Gasteiger partial charge in [0.2, 0.25) is 10.0 Å². The second-order valence-electron chi connectivity index (χ2n) is 7.94. The first-order valence-electron chi connectivity index (χ1n) is 11.2. The zero-order valence-electron chi connectivity index (χ0n) is 20.0. The largest absolute Gasteiger partial charge is 0.492 e. The van der Waals surface area contributed by atoms with Crippen LogP contribution in [0.2, 0.25) is 0 Å². The van der Waals surface area contributed by atoms with Crippen molar-refractivity contribution in [2.24, 2.45) is 0 Å². The first-order chi connectivity index (χ1) is 16.7. The van der Waals surface area contributed by atoms with Crippen LogP contribution in [0.3, 0.4) is 0 Å². The molecule has 0 aliphatic heterocycles.